The first-order valence-electron chi connectivity index (χ1n) is 9.32. The molecule has 13 heteroatoms. The van der Waals surface area contributed by atoms with E-state index >= 15 is 0 Å². The monoisotopic (exact) mass is 487 g/mol. The van der Waals surface area contributed by atoms with Gasteiger partial charge in [0.2, 0.25) is 0 Å². The number of carbonyl (C=O) groups is 1. The molecule has 31 heavy (non-hydrogen) atoms. The molecule has 0 saturated carbocycles. The molecule has 0 spiro atoms. The quantitative estimate of drug-likeness (QED) is 0.326. The second-order valence-corrected chi connectivity index (χ2v) is 11.5. The molecule has 0 fully saturated rings. The minimum absolute atomic E-state index is 0.0473. The summed E-state index contributed by atoms with van der Waals surface area (Å²) in [7, 11) is -3.38. The molecule has 10 nitrogen and oxygen atoms in total. The topological polar surface area (TPSA) is 137 Å². The van der Waals surface area contributed by atoms with Crippen molar-refractivity contribution in [1.82, 2.24) is 10.0 Å². The maximum absolute atomic E-state index is 12.7. The Balaban J connectivity index is 1.61. The number of hydrogen-bond donors (Lipinski definition) is 2. The van der Waals surface area contributed by atoms with Gasteiger partial charge in [0.15, 0.2) is 9.84 Å². The predicted octanol–water partition coefficient (Wildman–Crippen LogP) is 3.47. The maximum atomic E-state index is 12.7. The number of amides is 1. The minimum atomic E-state index is -3.38. The van der Waals surface area contributed by atoms with Crippen LogP contribution in [0.1, 0.15) is 37.4 Å². The summed E-state index contributed by atoms with van der Waals surface area (Å²) < 4.78 is 34.0. The molecular weight excluding hydrogens is 466 g/mol. The summed E-state index contributed by atoms with van der Waals surface area (Å²) in [5.74, 6) is 0.247. The number of sulfone groups is 1. The highest BCUT2D eigenvalue weighted by molar-refractivity contribution is 8.00. The van der Waals surface area contributed by atoms with Crippen molar-refractivity contribution in [1.29, 1.82) is 0 Å². The van der Waals surface area contributed by atoms with Crippen LogP contribution in [0.5, 0.6) is 5.75 Å². The van der Waals surface area contributed by atoms with E-state index in [1.165, 1.54) is 12.1 Å². The summed E-state index contributed by atoms with van der Waals surface area (Å²) in [5.41, 5.74) is 1.28. The van der Waals surface area contributed by atoms with E-state index in [9.17, 15) is 23.3 Å². The number of nitrogens with zero attached hydrogens (tertiary/aromatic N) is 1. The molecule has 0 bridgehead atoms. The number of fused-ring (bicyclic) bond motifs is 1. The smallest absolute Gasteiger partial charge is 0.410 e. The van der Waals surface area contributed by atoms with Crippen LogP contribution in [0, 0.1) is 10.1 Å². The molecule has 1 aromatic heterocycles. The van der Waals surface area contributed by atoms with E-state index in [0.29, 0.717) is 20.4 Å². The molecule has 1 aliphatic rings. The van der Waals surface area contributed by atoms with Crippen molar-refractivity contribution in [2.75, 3.05) is 6.54 Å². The van der Waals surface area contributed by atoms with Crippen molar-refractivity contribution in [3.05, 3.63) is 51.6 Å². The van der Waals surface area contributed by atoms with Gasteiger partial charge in [-0.05, 0) is 49.2 Å². The number of carbonyl (C=O) groups excluding carboxylic acids is 1. The van der Waals surface area contributed by atoms with Crippen LogP contribution in [0.15, 0.2) is 38.8 Å². The first-order chi connectivity index (χ1) is 14.7. The molecule has 2 heterocycles. The lowest BCUT2D eigenvalue weighted by atomic mass is 10.1. The minimum Gasteiger partial charge on any atom is -0.410 e. The number of rotatable bonds is 8. The highest BCUT2D eigenvalue weighted by atomic mass is 32.2. The molecule has 0 saturated heterocycles. The molecule has 2 atom stereocenters. The Hall–Kier alpha value is -2.35. The van der Waals surface area contributed by atoms with Crippen LogP contribution in [0.3, 0.4) is 0 Å². The third-order valence-electron chi connectivity index (χ3n) is 4.59. The molecular formula is C18H21N3O7S3. The first-order valence-corrected chi connectivity index (χ1v) is 12.5. The molecule has 1 aromatic carbocycles. The van der Waals surface area contributed by atoms with Gasteiger partial charge in [-0.1, -0.05) is 19.1 Å². The zero-order chi connectivity index (χ0) is 22.6. The summed E-state index contributed by atoms with van der Waals surface area (Å²) in [6.45, 7) is 4.19. The Bertz CT molecular complexity index is 1050. The predicted molar refractivity (Wildman–Crippen MR) is 115 cm³/mol. The van der Waals surface area contributed by atoms with Gasteiger partial charge in [0.1, 0.15) is 16.6 Å². The van der Waals surface area contributed by atoms with Crippen LogP contribution in [-0.4, -0.2) is 31.4 Å². The summed E-state index contributed by atoms with van der Waals surface area (Å²) in [4.78, 5) is 26.6. The summed E-state index contributed by atoms with van der Waals surface area (Å²) >= 11 is 2.11. The van der Waals surface area contributed by atoms with Gasteiger partial charge in [-0.25, -0.2) is 13.2 Å². The van der Waals surface area contributed by atoms with Crippen molar-refractivity contribution in [2.45, 2.75) is 46.6 Å². The molecule has 2 N–H and O–H groups in total. The van der Waals surface area contributed by atoms with Gasteiger partial charge in [-0.2, -0.15) is 0 Å². The van der Waals surface area contributed by atoms with Gasteiger partial charge in [-0.3, -0.25) is 4.72 Å². The fraction of sp³-hybridized carbons (Fsp3) is 0.389. The van der Waals surface area contributed by atoms with Crippen LogP contribution in [0.2, 0.25) is 0 Å². The summed E-state index contributed by atoms with van der Waals surface area (Å²) in [6.07, 6.45) is -0.229. The summed E-state index contributed by atoms with van der Waals surface area (Å²) in [5, 5.41) is 12.2. The maximum Gasteiger partial charge on any atom is 0.422 e. The van der Waals surface area contributed by atoms with Crippen molar-refractivity contribution < 1.29 is 27.9 Å². The first kappa shape index (κ1) is 23.3. The normalized spacial score (nSPS) is 19.3. The number of nitrogens with one attached hydrogen (secondary N) is 2. The van der Waals surface area contributed by atoms with E-state index < -0.39 is 26.3 Å². The van der Waals surface area contributed by atoms with Gasteiger partial charge in [0, 0.05) is 18.0 Å². The second kappa shape index (κ2) is 9.85. The Morgan fingerprint density at radius 2 is 2.06 bits per heavy atom. The molecule has 0 aliphatic carbocycles. The zero-order valence-corrected chi connectivity index (χ0v) is 19.1. The number of benzene rings is 1. The molecule has 2 aromatic rings. The fourth-order valence-electron chi connectivity index (χ4n) is 3.09. The highest BCUT2D eigenvalue weighted by Gasteiger charge is 2.38. The largest absolute Gasteiger partial charge is 0.422 e. The van der Waals surface area contributed by atoms with Crippen molar-refractivity contribution in [3.8, 4) is 5.75 Å². The van der Waals surface area contributed by atoms with Gasteiger partial charge in [0.25, 0.3) is 5.09 Å². The second-order valence-electron chi connectivity index (χ2n) is 6.74. The molecule has 1 amide bonds. The van der Waals surface area contributed by atoms with Crippen LogP contribution in [0.4, 0.5) is 4.79 Å². The van der Waals surface area contributed by atoms with Crippen LogP contribution in [0.25, 0.3) is 0 Å². The molecule has 168 valence electrons. The Labute approximate surface area is 187 Å². The van der Waals surface area contributed by atoms with E-state index in [1.54, 1.807) is 25.1 Å². The van der Waals surface area contributed by atoms with E-state index in [4.69, 9.17) is 4.74 Å². The number of hydrogen-bond acceptors (Lipinski definition) is 10. The third-order valence-corrected chi connectivity index (χ3v) is 9.37. The SMILES string of the molecule is CCNC1CC(C)S(=O)(=O)c2sc(SNC(=O)Oc3ccc(CO[N+](=O)[O-])cc3)cc21. The van der Waals surface area contributed by atoms with E-state index in [-0.39, 0.29) is 18.4 Å². The van der Waals surface area contributed by atoms with Crippen molar-refractivity contribution in [3.63, 3.8) is 0 Å². The Morgan fingerprint density at radius 3 is 2.71 bits per heavy atom. The molecule has 3 rings (SSSR count). The Morgan fingerprint density at radius 1 is 1.35 bits per heavy atom. The average molecular weight is 488 g/mol. The molecule has 2 unspecified atom stereocenters. The van der Waals surface area contributed by atoms with Gasteiger partial charge >= 0.3 is 6.09 Å². The van der Waals surface area contributed by atoms with Crippen LogP contribution < -0.4 is 14.8 Å². The van der Waals surface area contributed by atoms with Crippen LogP contribution >= 0.6 is 23.3 Å². The van der Waals surface area contributed by atoms with Crippen LogP contribution in [-0.2, 0) is 21.3 Å². The van der Waals surface area contributed by atoms with E-state index in [0.717, 1.165) is 35.4 Å². The molecule has 1 aliphatic heterocycles. The average Bonchev–Trinajstić information content (AvgIpc) is 3.16. The zero-order valence-electron chi connectivity index (χ0n) is 16.7. The van der Waals surface area contributed by atoms with Gasteiger partial charge < -0.3 is 14.9 Å². The van der Waals surface area contributed by atoms with Crippen molar-refractivity contribution >= 4 is 39.2 Å². The lowest BCUT2D eigenvalue weighted by Crippen LogP contribution is -2.33. The van der Waals surface area contributed by atoms with Crippen molar-refractivity contribution in [2.24, 2.45) is 0 Å². The summed E-state index contributed by atoms with van der Waals surface area (Å²) in [6, 6.07) is 7.79. The van der Waals surface area contributed by atoms with E-state index in [2.05, 4.69) is 14.9 Å². The number of ether oxygens (including phenoxy) is 1. The van der Waals surface area contributed by atoms with Gasteiger partial charge in [-0.15, -0.1) is 21.5 Å². The highest BCUT2D eigenvalue weighted by Crippen LogP contribution is 2.43. The number of thiophene rings is 1. The lowest BCUT2D eigenvalue weighted by Gasteiger charge is -2.27. The third kappa shape index (κ3) is 5.67. The lowest BCUT2D eigenvalue weighted by molar-refractivity contribution is -0.763. The van der Waals surface area contributed by atoms with E-state index in [1.807, 2.05) is 6.92 Å². The fourth-order valence-corrected chi connectivity index (χ4v) is 7.46. The van der Waals surface area contributed by atoms with Gasteiger partial charge in [0.05, 0.1) is 9.46 Å². The standard InChI is InChI=1S/C18H21N3O7S3/c1-3-19-15-8-11(2)31(25,26)17-14(15)9-16(29-17)30-20-18(22)28-13-6-4-12(5-7-13)10-27-21(23)24/h4-7,9,11,15,19H,3,8,10H2,1-2H3,(H,20,22). The Kier molecular flexibility index (Phi) is 7.41. The molecule has 0 radical (unpaired) electrons.